The van der Waals surface area contributed by atoms with Crippen molar-refractivity contribution < 1.29 is 0 Å². The van der Waals surface area contributed by atoms with Crippen molar-refractivity contribution in [3.05, 3.63) is 48.6 Å². The summed E-state index contributed by atoms with van der Waals surface area (Å²) in [7, 11) is 0. The first-order valence-electron chi connectivity index (χ1n) is 9.01. The van der Waals surface area contributed by atoms with Gasteiger partial charge in [0.2, 0.25) is 0 Å². The van der Waals surface area contributed by atoms with Gasteiger partial charge in [-0.1, -0.05) is 62.5 Å². The molecule has 0 aromatic rings. The van der Waals surface area contributed by atoms with Gasteiger partial charge in [0.25, 0.3) is 0 Å². The minimum atomic E-state index is 0.228. The zero-order chi connectivity index (χ0) is 16.6. The maximum Gasteiger partial charge on any atom is 0.00606 e. The van der Waals surface area contributed by atoms with Crippen LogP contribution in [0.2, 0.25) is 0 Å². The quantitative estimate of drug-likeness (QED) is 0.458. The van der Waals surface area contributed by atoms with E-state index in [0.29, 0.717) is 0 Å². The Labute approximate surface area is 139 Å². The largest absolute Gasteiger partial charge is 0.0908 e. The van der Waals surface area contributed by atoms with Gasteiger partial charge in [-0.25, -0.2) is 0 Å². The molecule has 0 aromatic heterocycles. The molecule has 0 bridgehead atoms. The van der Waals surface area contributed by atoms with Crippen LogP contribution in [0.25, 0.3) is 0 Å². The molecule has 22 heavy (non-hydrogen) atoms. The smallest absolute Gasteiger partial charge is 0.00606 e. The number of hydrogen-bond acceptors (Lipinski definition) is 0. The maximum absolute atomic E-state index is 2.40. The molecule has 1 saturated carbocycles. The minimum Gasteiger partial charge on any atom is -0.0908 e. The van der Waals surface area contributed by atoms with E-state index in [2.05, 4.69) is 90.2 Å². The van der Waals surface area contributed by atoms with Gasteiger partial charge in [0, 0.05) is 10.8 Å². The predicted molar refractivity (Wildman–Crippen MR) is 101 cm³/mol. The van der Waals surface area contributed by atoms with Crippen molar-refractivity contribution >= 4 is 0 Å². The van der Waals surface area contributed by atoms with E-state index in [0.717, 1.165) is 11.8 Å². The molecule has 0 aliphatic heterocycles. The zero-order valence-electron chi connectivity index (χ0n) is 15.6. The summed E-state index contributed by atoms with van der Waals surface area (Å²) in [6.45, 7) is 13.4. The summed E-state index contributed by atoms with van der Waals surface area (Å²) >= 11 is 0. The van der Waals surface area contributed by atoms with Gasteiger partial charge in [0.05, 0.1) is 0 Å². The van der Waals surface area contributed by atoms with E-state index in [9.17, 15) is 0 Å². The third-order valence-electron chi connectivity index (χ3n) is 5.59. The van der Waals surface area contributed by atoms with Gasteiger partial charge in [0.1, 0.15) is 0 Å². The monoisotopic (exact) mass is 300 g/mol. The average Bonchev–Trinajstić information content (AvgIpc) is 2.48. The SMILES string of the molecule is C/C=C\C(C)(/C=C/C)C1CCC(C(C)(/C=C\C)/C=C/C)CC1. The topological polar surface area (TPSA) is 0 Å². The lowest BCUT2D eigenvalue weighted by molar-refractivity contribution is 0.149. The fraction of sp³-hybridized carbons (Fsp3) is 0.636. The molecule has 0 heteroatoms. The Hall–Kier alpha value is -1.04. The number of rotatable bonds is 6. The summed E-state index contributed by atoms with van der Waals surface area (Å²) in [4.78, 5) is 0. The Morgan fingerprint density at radius 1 is 0.545 bits per heavy atom. The highest BCUT2D eigenvalue weighted by Gasteiger charge is 2.37. The average molecular weight is 301 g/mol. The zero-order valence-corrected chi connectivity index (χ0v) is 15.6. The first kappa shape index (κ1) is 19.0. The van der Waals surface area contributed by atoms with Crippen LogP contribution in [-0.2, 0) is 0 Å². The second-order valence-electron chi connectivity index (χ2n) is 7.28. The Bertz CT molecular complexity index is 359. The van der Waals surface area contributed by atoms with Crippen LogP contribution in [0.15, 0.2) is 48.6 Å². The van der Waals surface area contributed by atoms with E-state index in [4.69, 9.17) is 0 Å². The number of allylic oxidation sites excluding steroid dienone is 8. The van der Waals surface area contributed by atoms with Gasteiger partial charge in [-0.2, -0.15) is 0 Å². The van der Waals surface area contributed by atoms with Crippen LogP contribution in [0.5, 0.6) is 0 Å². The molecule has 0 N–H and O–H groups in total. The molecule has 0 saturated heterocycles. The lowest BCUT2D eigenvalue weighted by Crippen LogP contribution is -2.33. The predicted octanol–water partition coefficient (Wildman–Crippen LogP) is 7.11. The van der Waals surface area contributed by atoms with Crippen molar-refractivity contribution in [1.82, 2.24) is 0 Å². The molecule has 2 unspecified atom stereocenters. The summed E-state index contributed by atoms with van der Waals surface area (Å²) < 4.78 is 0. The van der Waals surface area contributed by atoms with Gasteiger partial charge in [-0.05, 0) is 65.2 Å². The van der Waals surface area contributed by atoms with E-state index in [1.54, 1.807) is 0 Å². The van der Waals surface area contributed by atoms with Crippen LogP contribution < -0.4 is 0 Å². The van der Waals surface area contributed by atoms with E-state index < -0.39 is 0 Å². The van der Waals surface area contributed by atoms with Gasteiger partial charge in [-0.3, -0.25) is 0 Å². The number of hydrogen-bond donors (Lipinski definition) is 0. The van der Waals surface area contributed by atoms with Gasteiger partial charge >= 0.3 is 0 Å². The Kier molecular flexibility index (Phi) is 7.39. The summed E-state index contributed by atoms with van der Waals surface area (Å²) in [6.07, 6.45) is 23.8. The molecule has 0 amide bonds. The van der Waals surface area contributed by atoms with Crippen LogP contribution in [0.4, 0.5) is 0 Å². The van der Waals surface area contributed by atoms with E-state index in [-0.39, 0.29) is 10.8 Å². The molecular weight excluding hydrogens is 264 g/mol. The molecule has 1 fully saturated rings. The highest BCUT2D eigenvalue weighted by Crippen LogP contribution is 2.48. The summed E-state index contributed by atoms with van der Waals surface area (Å²) in [5.74, 6) is 1.55. The van der Waals surface area contributed by atoms with Crippen molar-refractivity contribution in [2.24, 2.45) is 22.7 Å². The third kappa shape index (κ3) is 4.48. The second kappa shape index (κ2) is 8.56. The molecule has 124 valence electrons. The maximum atomic E-state index is 2.40. The molecular formula is C22H36. The van der Waals surface area contributed by atoms with Crippen LogP contribution in [0, 0.1) is 22.7 Å². The van der Waals surface area contributed by atoms with Gasteiger partial charge in [0.15, 0.2) is 0 Å². The fourth-order valence-electron chi connectivity index (χ4n) is 4.43. The summed E-state index contributed by atoms with van der Waals surface area (Å²) in [6, 6.07) is 0. The Morgan fingerprint density at radius 3 is 0.955 bits per heavy atom. The van der Waals surface area contributed by atoms with E-state index in [1.165, 1.54) is 25.7 Å². The van der Waals surface area contributed by atoms with Crippen LogP contribution >= 0.6 is 0 Å². The summed E-state index contributed by atoms with van der Waals surface area (Å²) in [5, 5.41) is 0. The van der Waals surface area contributed by atoms with Crippen LogP contribution in [0.1, 0.15) is 67.2 Å². The van der Waals surface area contributed by atoms with Gasteiger partial charge in [-0.15, -0.1) is 0 Å². The molecule has 1 aliphatic rings. The molecule has 1 rings (SSSR count). The highest BCUT2D eigenvalue weighted by molar-refractivity contribution is 5.15. The lowest BCUT2D eigenvalue weighted by Gasteiger charge is -2.43. The first-order valence-corrected chi connectivity index (χ1v) is 9.01. The van der Waals surface area contributed by atoms with Crippen molar-refractivity contribution in [3.63, 3.8) is 0 Å². The summed E-state index contributed by atoms with van der Waals surface area (Å²) in [5.41, 5.74) is 0.456. The van der Waals surface area contributed by atoms with E-state index >= 15 is 0 Å². The van der Waals surface area contributed by atoms with Crippen LogP contribution in [-0.4, -0.2) is 0 Å². The second-order valence-corrected chi connectivity index (χ2v) is 7.28. The van der Waals surface area contributed by atoms with Crippen LogP contribution in [0.3, 0.4) is 0 Å². The van der Waals surface area contributed by atoms with Crippen molar-refractivity contribution in [2.75, 3.05) is 0 Å². The molecule has 0 radical (unpaired) electrons. The minimum absolute atomic E-state index is 0.228. The normalized spacial score (nSPS) is 29.5. The molecule has 1 aliphatic carbocycles. The molecule has 0 heterocycles. The van der Waals surface area contributed by atoms with E-state index in [1.807, 2.05) is 0 Å². The van der Waals surface area contributed by atoms with Crippen molar-refractivity contribution in [2.45, 2.75) is 67.2 Å². The standard InChI is InChI=1S/C22H36/c1-7-15-21(5,16-8-2)19-11-13-20(14-12-19)22(6,17-9-3)18-10-4/h7-10,15-20H,11-14H2,1-6H3/b15-7-,16-8+,17-9-,18-10+. The van der Waals surface area contributed by atoms with Gasteiger partial charge < -0.3 is 0 Å². The lowest BCUT2D eigenvalue weighted by atomic mass is 9.62. The highest BCUT2D eigenvalue weighted by atomic mass is 14.4. The molecule has 0 spiro atoms. The molecule has 2 atom stereocenters. The first-order chi connectivity index (χ1) is 10.5. The fourth-order valence-corrected chi connectivity index (χ4v) is 4.43. The van der Waals surface area contributed by atoms with Crippen molar-refractivity contribution in [3.8, 4) is 0 Å². The molecule has 0 nitrogen and oxygen atoms in total. The molecule has 0 aromatic carbocycles. The van der Waals surface area contributed by atoms with Crippen molar-refractivity contribution in [1.29, 1.82) is 0 Å². The Morgan fingerprint density at radius 2 is 0.773 bits per heavy atom. The Balaban J connectivity index is 2.85. The third-order valence-corrected chi connectivity index (χ3v) is 5.59.